The summed E-state index contributed by atoms with van der Waals surface area (Å²) < 4.78 is 8.51. The van der Waals surface area contributed by atoms with Gasteiger partial charge in [-0.1, -0.05) is 91.0 Å². The third-order valence-corrected chi connectivity index (χ3v) is 9.03. The fourth-order valence-corrected chi connectivity index (χ4v) is 6.84. The number of hydrogen-bond acceptors (Lipinski definition) is 4. The minimum absolute atomic E-state index is 0.618. The quantitative estimate of drug-likeness (QED) is 0.206. The van der Waals surface area contributed by atoms with Crippen molar-refractivity contribution in [2.75, 3.05) is 0 Å². The van der Waals surface area contributed by atoms with Crippen LogP contribution in [0.15, 0.2) is 150 Å². The highest BCUT2D eigenvalue weighted by atomic mass is 16.3. The summed E-state index contributed by atoms with van der Waals surface area (Å²) in [7, 11) is 0. The Morgan fingerprint density at radius 2 is 1.22 bits per heavy atom. The van der Waals surface area contributed by atoms with Gasteiger partial charge in [0.05, 0.1) is 16.6 Å². The standard InChI is InChI=1S/C41H24N4O/c1-2-9-25(10-3-1)28-16-18-30-33-21-26-11-4-5-12-27(26)22-36(33)45(35(30)23-28)41-39-34(14-8-20-42-39)43-40(44-41)29-17-19-32-31-13-6-7-15-37(31)46-38(32)24-29/h1-24H. The van der Waals surface area contributed by atoms with E-state index in [4.69, 9.17) is 19.4 Å². The number of benzene rings is 6. The molecule has 0 atom stereocenters. The van der Waals surface area contributed by atoms with Crippen molar-refractivity contribution in [3.05, 3.63) is 146 Å². The van der Waals surface area contributed by atoms with Crippen molar-refractivity contribution in [3.63, 3.8) is 0 Å². The average molecular weight is 589 g/mol. The van der Waals surface area contributed by atoms with E-state index in [9.17, 15) is 0 Å². The van der Waals surface area contributed by atoms with Gasteiger partial charge in [-0.25, -0.2) is 9.97 Å². The molecule has 0 radical (unpaired) electrons. The lowest BCUT2D eigenvalue weighted by molar-refractivity contribution is 0.669. The lowest BCUT2D eigenvalue weighted by Crippen LogP contribution is -2.04. The number of pyridine rings is 1. The van der Waals surface area contributed by atoms with Crippen molar-refractivity contribution in [3.8, 4) is 28.3 Å². The number of aromatic nitrogens is 4. The fourth-order valence-electron chi connectivity index (χ4n) is 6.84. The van der Waals surface area contributed by atoms with Gasteiger partial charge < -0.3 is 4.42 Å². The number of nitrogens with zero attached hydrogens (tertiary/aromatic N) is 4. The minimum Gasteiger partial charge on any atom is -0.456 e. The van der Waals surface area contributed by atoms with Crippen molar-refractivity contribution >= 4 is 65.6 Å². The van der Waals surface area contributed by atoms with Crippen LogP contribution in [0, 0.1) is 0 Å². The van der Waals surface area contributed by atoms with Crippen LogP contribution in [0.5, 0.6) is 0 Å². The number of hydrogen-bond donors (Lipinski definition) is 0. The molecular formula is C41H24N4O. The molecule has 0 aliphatic rings. The lowest BCUT2D eigenvalue weighted by Gasteiger charge is -2.12. The predicted octanol–water partition coefficient (Wildman–Crippen LogP) is 10.5. The summed E-state index contributed by atoms with van der Waals surface area (Å²) in [6.45, 7) is 0. The van der Waals surface area contributed by atoms with E-state index in [1.54, 1.807) is 0 Å². The third-order valence-electron chi connectivity index (χ3n) is 9.03. The first-order valence-electron chi connectivity index (χ1n) is 15.4. The first-order valence-corrected chi connectivity index (χ1v) is 15.4. The van der Waals surface area contributed by atoms with Gasteiger partial charge in [0.25, 0.3) is 0 Å². The predicted molar refractivity (Wildman–Crippen MR) is 187 cm³/mol. The van der Waals surface area contributed by atoms with Crippen molar-refractivity contribution in [2.24, 2.45) is 0 Å². The van der Waals surface area contributed by atoms with Crippen LogP contribution < -0.4 is 0 Å². The molecule has 0 amide bonds. The van der Waals surface area contributed by atoms with E-state index in [2.05, 4.69) is 102 Å². The topological polar surface area (TPSA) is 56.7 Å². The van der Waals surface area contributed by atoms with Crippen LogP contribution in [-0.2, 0) is 0 Å². The van der Waals surface area contributed by atoms with Crippen molar-refractivity contribution in [1.82, 2.24) is 19.5 Å². The number of furan rings is 1. The smallest absolute Gasteiger partial charge is 0.168 e. The molecule has 10 rings (SSSR count). The zero-order chi connectivity index (χ0) is 30.2. The summed E-state index contributed by atoms with van der Waals surface area (Å²) in [5.41, 5.74) is 8.53. The van der Waals surface area contributed by atoms with Crippen LogP contribution in [0.25, 0.3) is 93.9 Å². The second-order valence-electron chi connectivity index (χ2n) is 11.7. The summed E-state index contributed by atoms with van der Waals surface area (Å²) in [6.07, 6.45) is 1.81. The molecule has 6 aromatic carbocycles. The van der Waals surface area contributed by atoms with Crippen LogP contribution in [0.4, 0.5) is 0 Å². The van der Waals surface area contributed by atoms with E-state index in [-0.39, 0.29) is 0 Å². The number of fused-ring (bicyclic) bond motifs is 8. The second kappa shape index (κ2) is 9.58. The molecule has 0 fully saturated rings. The molecule has 214 valence electrons. The normalized spacial score (nSPS) is 11.9. The van der Waals surface area contributed by atoms with Crippen LogP contribution in [-0.4, -0.2) is 19.5 Å². The molecule has 4 heterocycles. The van der Waals surface area contributed by atoms with Crippen LogP contribution in [0.2, 0.25) is 0 Å². The first-order chi connectivity index (χ1) is 22.8. The maximum atomic E-state index is 6.24. The highest BCUT2D eigenvalue weighted by Crippen LogP contribution is 2.39. The van der Waals surface area contributed by atoms with Crippen LogP contribution >= 0.6 is 0 Å². The molecule has 0 spiro atoms. The van der Waals surface area contributed by atoms with Gasteiger partial charge in [0.1, 0.15) is 16.7 Å². The van der Waals surface area contributed by atoms with E-state index < -0.39 is 0 Å². The highest BCUT2D eigenvalue weighted by molar-refractivity contribution is 6.15. The molecule has 0 saturated heterocycles. The summed E-state index contributed by atoms with van der Waals surface area (Å²) in [6, 6.07) is 48.6. The van der Waals surface area contributed by atoms with Gasteiger partial charge in [-0.2, -0.15) is 0 Å². The molecule has 0 aliphatic carbocycles. The Bertz CT molecular complexity index is 2810. The summed E-state index contributed by atoms with van der Waals surface area (Å²) in [5.74, 6) is 1.36. The SMILES string of the molecule is c1ccc(-c2ccc3c4cc5ccccc5cc4n(-c4nc(-c5ccc6c(c5)oc5ccccc56)nc5cccnc45)c3c2)cc1. The van der Waals surface area contributed by atoms with Crippen LogP contribution in [0.3, 0.4) is 0 Å². The number of rotatable bonds is 3. The molecule has 5 heteroatoms. The molecule has 4 aromatic heterocycles. The molecule has 0 saturated carbocycles. The summed E-state index contributed by atoms with van der Waals surface area (Å²) in [5, 5.41) is 6.87. The Labute approximate surface area is 263 Å². The average Bonchev–Trinajstić information content (AvgIpc) is 3.65. The molecule has 10 aromatic rings. The molecule has 5 nitrogen and oxygen atoms in total. The Morgan fingerprint density at radius 3 is 2.13 bits per heavy atom. The Morgan fingerprint density at radius 1 is 0.478 bits per heavy atom. The van der Waals surface area contributed by atoms with Crippen molar-refractivity contribution in [2.45, 2.75) is 0 Å². The van der Waals surface area contributed by atoms with Gasteiger partial charge >= 0.3 is 0 Å². The molecule has 0 unspecified atom stereocenters. The van der Waals surface area contributed by atoms with E-state index in [1.165, 1.54) is 16.2 Å². The summed E-state index contributed by atoms with van der Waals surface area (Å²) >= 11 is 0. The van der Waals surface area contributed by atoms with E-state index in [1.807, 2.05) is 48.7 Å². The van der Waals surface area contributed by atoms with Gasteiger partial charge in [-0.3, -0.25) is 9.55 Å². The first kappa shape index (κ1) is 25.0. The van der Waals surface area contributed by atoms with Gasteiger partial charge in [-0.15, -0.1) is 0 Å². The molecular weight excluding hydrogens is 564 g/mol. The second-order valence-corrected chi connectivity index (χ2v) is 11.7. The van der Waals surface area contributed by atoms with Crippen molar-refractivity contribution < 1.29 is 4.42 Å². The van der Waals surface area contributed by atoms with Crippen LogP contribution in [0.1, 0.15) is 0 Å². The van der Waals surface area contributed by atoms with Gasteiger partial charge in [-0.05, 0) is 70.4 Å². The molecule has 0 N–H and O–H groups in total. The van der Waals surface area contributed by atoms with E-state index >= 15 is 0 Å². The molecule has 0 bridgehead atoms. The monoisotopic (exact) mass is 588 g/mol. The lowest BCUT2D eigenvalue weighted by atomic mass is 10.0. The Kier molecular flexibility index (Phi) is 5.22. The highest BCUT2D eigenvalue weighted by Gasteiger charge is 2.20. The zero-order valence-electron chi connectivity index (χ0n) is 24.6. The van der Waals surface area contributed by atoms with Gasteiger partial charge in [0, 0.05) is 33.3 Å². The number of para-hydroxylation sites is 1. The maximum Gasteiger partial charge on any atom is 0.168 e. The van der Waals surface area contributed by atoms with Gasteiger partial charge in [0.15, 0.2) is 11.6 Å². The Hall–Kier alpha value is -6.33. The maximum absolute atomic E-state index is 6.24. The van der Waals surface area contributed by atoms with Gasteiger partial charge in [0.2, 0.25) is 0 Å². The Balaban J connectivity index is 1.30. The van der Waals surface area contributed by atoms with Crippen molar-refractivity contribution in [1.29, 1.82) is 0 Å². The largest absolute Gasteiger partial charge is 0.456 e. The van der Waals surface area contributed by atoms with E-state index in [0.29, 0.717) is 5.82 Å². The molecule has 0 aliphatic heterocycles. The third kappa shape index (κ3) is 3.72. The minimum atomic E-state index is 0.618. The summed E-state index contributed by atoms with van der Waals surface area (Å²) in [4.78, 5) is 15.2. The molecule has 46 heavy (non-hydrogen) atoms. The van der Waals surface area contributed by atoms with E-state index in [0.717, 1.165) is 71.9 Å². The fraction of sp³-hybridized carbons (Fsp3) is 0. The zero-order valence-corrected chi connectivity index (χ0v) is 24.6.